The minimum absolute atomic E-state index is 0.152. The van der Waals surface area contributed by atoms with Gasteiger partial charge in [-0.05, 0) is 38.5 Å². The first-order valence-corrected chi connectivity index (χ1v) is 6.55. The monoisotopic (exact) mass is 301 g/mol. The van der Waals surface area contributed by atoms with Crippen LogP contribution in [0.3, 0.4) is 0 Å². The highest BCUT2D eigenvalue weighted by molar-refractivity contribution is 6.32. The molecule has 0 aliphatic carbocycles. The van der Waals surface area contributed by atoms with Gasteiger partial charge in [0.2, 0.25) is 0 Å². The van der Waals surface area contributed by atoms with Crippen molar-refractivity contribution in [1.29, 1.82) is 0 Å². The number of halogens is 1. The van der Waals surface area contributed by atoms with Gasteiger partial charge in [0, 0.05) is 5.54 Å². The van der Waals surface area contributed by atoms with Crippen molar-refractivity contribution in [2.45, 2.75) is 32.9 Å². The van der Waals surface area contributed by atoms with Gasteiger partial charge >= 0.3 is 0 Å². The third kappa shape index (κ3) is 4.90. The van der Waals surface area contributed by atoms with E-state index in [-0.39, 0.29) is 35.4 Å². The van der Waals surface area contributed by atoms with Crippen LogP contribution >= 0.6 is 11.6 Å². The van der Waals surface area contributed by atoms with E-state index in [1.807, 2.05) is 20.8 Å². The first-order chi connectivity index (χ1) is 9.26. The second-order valence-corrected chi connectivity index (χ2v) is 5.76. The van der Waals surface area contributed by atoms with E-state index in [1.165, 1.54) is 7.11 Å². The molecule has 0 atom stereocenters. The second-order valence-electron chi connectivity index (χ2n) is 5.35. The minimum atomic E-state index is -0.324. The predicted octanol–water partition coefficient (Wildman–Crippen LogP) is 2.13. The molecule has 0 fully saturated rings. The highest BCUT2D eigenvalue weighted by Gasteiger charge is 2.17. The molecular weight excluding hydrogens is 282 g/mol. The Morgan fingerprint density at radius 3 is 2.55 bits per heavy atom. The molecular formula is C14H20ClNO4. The largest absolute Gasteiger partial charge is 0.493 e. The predicted molar refractivity (Wildman–Crippen MR) is 77.3 cm³/mol. The van der Waals surface area contributed by atoms with E-state index in [4.69, 9.17) is 26.2 Å². The fraction of sp³-hybridized carbons (Fsp3) is 0.500. The van der Waals surface area contributed by atoms with Crippen molar-refractivity contribution in [2.24, 2.45) is 0 Å². The van der Waals surface area contributed by atoms with E-state index < -0.39 is 0 Å². The topological polar surface area (TPSA) is 67.8 Å². The number of carbonyl (C=O) groups excluding carboxylic acids is 1. The Bertz CT molecular complexity index is 483. The van der Waals surface area contributed by atoms with Gasteiger partial charge in [-0.1, -0.05) is 11.6 Å². The van der Waals surface area contributed by atoms with Gasteiger partial charge in [0.25, 0.3) is 5.91 Å². The van der Waals surface area contributed by atoms with Crippen LogP contribution in [0.2, 0.25) is 5.02 Å². The van der Waals surface area contributed by atoms with E-state index >= 15 is 0 Å². The maximum absolute atomic E-state index is 11.7. The van der Waals surface area contributed by atoms with Crippen LogP contribution in [0, 0.1) is 0 Å². The normalized spacial score (nSPS) is 11.1. The Morgan fingerprint density at radius 2 is 2.05 bits per heavy atom. The molecule has 112 valence electrons. The molecule has 0 bridgehead atoms. The number of aliphatic hydroxyl groups excluding tert-OH is 1. The Balaban J connectivity index is 2.80. The Hall–Kier alpha value is -1.46. The summed E-state index contributed by atoms with van der Waals surface area (Å²) in [7, 11) is 1.47. The summed E-state index contributed by atoms with van der Waals surface area (Å²) in [5.74, 6) is 0.419. The van der Waals surface area contributed by atoms with Crippen molar-refractivity contribution in [3.8, 4) is 11.5 Å². The van der Waals surface area contributed by atoms with Gasteiger partial charge in [-0.2, -0.15) is 0 Å². The van der Waals surface area contributed by atoms with Gasteiger partial charge in [0.15, 0.2) is 18.1 Å². The number of ether oxygens (including phenoxy) is 2. The van der Waals surface area contributed by atoms with Gasteiger partial charge in [-0.15, -0.1) is 0 Å². The van der Waals surface area contributed by atoms with Gasteiger partial charge in [0.1, 0.15) is 0 Å². The number of rotatable bonds is 5. The number of amides is 1. The van der Waals surface area contributed by atoms with Gasteiger partial charge in [0.05, 0.1) is 18.7 Å². The fourth-order valence-electron chi connectivity index (χ4n) is 1.60. The van der Waals surface area contributed by atoms with Crippen molar-refractivity contribution in [2.75, 3.05) is 13.7 Å². The molecule has 0 saturated heterocycles. The minimum Gasteiger partial charge on any atom is -0.493 e. The van der Waals surface area contributed by atoms with Crippen LogP contribution in [0.15, 0.2) is 12.1 Å². The fourth-order valence-corrected chi connectivity index (χ4v) is 1.88. The summed E-state index contributed by atoms with van der Waals surface area (Å²) in [4.78, 5) is 11.7. The van der Waals surface area contributed by atoms with Gasteiger partial charge in [-0.25, -0.2) is 0 Å². The number of hydrogen-bond acceptors (Lipinski definition) is 4. The summed E-state index contributed by atoms with van der Waals surface area (Å²) < 4.78 is 10.6. The number of nitrogens with one attached hydrogen (secondary N) is 1. The third-order valence-corrected chi connectivity index (χ3v) is 2.61. The van der Waals surface area contributed by atoms with Crippen LogP contribution in [0.4, 0.5) is 0 Å². The highest BCUT2D eigenvalue weighted by atomic mass is 35.5. The molecule has 0 spiro atoms. The molecule has 2 N–H and O–H groups in total. The van der Waals surface area contributed by atoms with Crippen LogP contribution in [-0.2, 0) is 11.4 Å². The molecule has 0 aromatic heterocycles. The molecule has 6 heteroatoms. The van der Waals surface area contributed by atoms with Gasteiger partial charge in [-0.3, -0.25) is 4.79 Å². The van der Waals surface area contributed by atoms with Crippen LogP contribution in [-0.4, -0.2) is 30.3 Å². The number of carbonyl (C=O) groups is 1. The number of hydrogen-bond donors (Lipinski definition) is 2. The summed E-state index contributed by atoms with van der Waals surface area (Å²) in [6.07, 6.45) is 0. The van der Waals surface area contributed by atoms with Crippen molar-refractivity contribution < 1.29 is 19.4 Å². The number of methoxy groups -OCH3 is 1. The molecule has 0 heterocycles. The third-order valence-electron chi connectivity index (χ3n) is 2.33. The smallest absolute Gasteiger partial charge is 0.258 e. The van der Waals surface area contributed by atoms with E-state index in [1.54, 1.807) is 12.1 Å². The first kappa shape index (κ1) is 16.6. The molecule has 20 heavy (non-hydrogen) atoms. The average molecular weight is 302 g/mol. The molecule has 1 aromatic rings. The van der Waals surface area contributed by atoms with E-state index in [2.05, 4.69) is 5.32 Å². The molecule has 0 aliphatic heterocycles. The SMILES string of the molecule is COc1cc(CO)cc(Cl)c1OCC(=O)NC(C)(C)C. The lowest BCUT2D eigenvalue weighted by Crippen LogP contribution is -2.43. The Labute approximate surface area is 123 Å². The van der Waals surface area contributed by atoms with E-state index in [9.17, 15) is 4.79 Å². The molecule has 0 radical (unpaired) electrons. The highest BCUT2D eigenvalue weighted by Crippen LogP contribution is 2.36. The summed E-state index contributed by atoms with van der Waals surface area (Å²) in [6.45, 7) is 5.34. The molecule has 1 amide bonds. The zero-order valence-corrected chi connectivity index (χ0v) is 12.9. The standard InChI is InChI=1S/C14H20ClNO4/c1-14(2,3)16-12(18)8-20-13-10(15)5-9(7-17)6-11(13)19-4/h5-6,17H,7-8H2,1-4H3,(H,16,18). The molecule has 5 nitrogen and oxygen atoms in total. The van der Waals surface area contributed by atoms with Crippen molar-refractivity contribution in [3.63, 3.8) is 0 Å². The molecule has 1 aromatic carbocycles. The van der Waals surface area contributed by atoms with Gasteiger partial charge < -0.3 is 19.9 Å². The lowest BCUT2D eigenvalue weighted by Gasteiger charge is -2.21. The van der Waals surface area contributed by atoms with Crippen LogP contribution < -0.4 is 14.8 Å². The van der Waals surface area contributed by atoms with Crippen LogP contribution in [0.1, 0.15) is 26.3 Å². The number of benzene rings is 1. The Morgan fingerprint density at radius 1 is 1.40 bits per heavy atom. The molecule has 1 rings (SSSR count). The Kier molecular flexibility index (Phi) is 5.65. The summed E-state index contributed by atoms with van der Waals surface area (Å²) >= 11 is 6.06. The zero-order chi connectivity index (χ0) is 15.3. The van der Waals surface area contributed by atoms with Crippen molar-refractivity contribution >= 4 is 17.5 Å². The van der Waals surface area contributed by atoms with Crippen LogP contribution in [0.5, 0.6) is 11.5 Å². The molecule has 0 unspecified atom stereocenters. The maximum Gasteiger partial charge on any atom is 0.258 e. The summed E-state index contributed by atoms with van der Waals surface area (Å²) in [5.41, 5.74) is 0.285. The summed E-state index contributed by atoms with van der Waals surface area (Å²) in [6, 6.07) is 3.18. The molecule has 0 saturated carbocycles. The number of aliphatic hydroxyl groups is 1. The lowest BCUT2D eigenvalue weighted by atomic mass is 10.1. The quantitative estimate of drug-likeness (QED) is 0.874. The van der Waals surface area contributed by atoms with Crippen molar-refractivity contribution in [1.82, 2.24) is 5.32 Å². The lowest BCUT2D eigenvalue weighted by molar-refractivity contribution is -0.124. The van der Waals surface area contributed by atoms with Crippen LogP contribution in [0.25, 0.3) is 0 Å². The zero-order valence-electron chi connectivity index (χ0n) is 12.1. The first-order valence-electron chi connectivity index (χ1n) is 6.18. The molecule has 0 aliphatic rings. The summed E-state index contributed by atoms with van der Waals surface area (Å²) in [5, 5.41) is 12.2. The average Bonchev–Trinajstić information content (AvgIpc) is 2.34. The van der Waals surface area contributed by atoms with E-state index in [0.29, 0.717) is 11.3 Å². The van der Waals surface area contributed by atoms with Crippen molar-refractivity contribution in [3.05, 3.63) is 22.7 Å². The second kappa shape index (κ2) is 6.81. The van der Waals surface area contributed by atoms with E-state index in [0.717, 1.165) is 0 Å². The maximum atomic E-state index is 11.7.